The Balaban J connectivity index is 2.33. The molecular weight excluding hydrogens is 220 g/mol. The molecule has 0 aromatic carbocycles. The molecule has 0 saturated carbocycles. The zero-order valence-electron chi connectivity index (χ0n) is 10.2. The average Bonchev–Trinajstić information content (AvgIpc) is 2.75. The molecule has 0 aliphatic carbocycles. The monoisotopic (exact) mass is 236 g/mol. The van der Waals surface area contributed by atoms with Gasteiger partial charge in [0.05, 0.1) is 30.3 Å². The Labute approximate surface area is 99.3 Å². The van der Waals surface area contributed by atoms with E-state index in [0.717, 1.165) is 11.4 Å². The predicted octanol–water partition coefficient (Wildman–Crippen LogP) is 0.379. The Kier molecular flexibility index (Phi) is 2.72. The minimum absolute atomic E-state index is 0.193. The number of aromatic nitrogens is 2. The Morgan fingerprint density at radius 1 is 1.41 bits per heavy atom. The molecule has 0 radical (unpaired) electrons. The summed E-state index contributed by atoms with van der Waals surface area (Å²) in [6, 6.07) is 0. The van der Waals surface area contributed by atoms with Crippen LogP contribution in [0, 0.1) is 10.8 Å². The first-order valence-electron chi connectivity index (χ1n) is 5.28. The van der Waals surface area contributed by atoms with Gasteiger partial charge in [-0.1, -0.05) is 0 Å². The summed E-state index contributed by atoms with van der Waals surface area (Å²) in [4.78, 5) is 5.81. The first kappa shape index (κ1) is 11.7. The summed E-state index contributed by atoms with van der Waals surface area (Å²) in [5.74, 6) is 1.01. The zero-order chi connectivity index (χ0) is 12.7. The molecule has 1 aromatic heterocycles. The van der Waals surface area contributed by atoms with Crippen molar-refractivity contribution in [3.63, 3.8) is 0 Å². The maximum Gasteiger partial charge on any atom is 0.176 e. The van der Waals surface area contributed by atoms with Gasteiger partial charge in [0.15, 0.2) is 11.7 Å². The lowest BCUT2D eigenvalue weighted by Crippen LogP contribution is -2.33. The van der Waals surface area contributed by atoms with Gasteiger partial charge in [-0.15, -0.1) is 0 Å². The quantitative estimate of drug-likeness (QED) is 0.485. The maximum atomic E-state index is 9.37. The molecule has 1 aliphatic rings. The summed E-state index contributed by atoms with van der Waals surface area (Å²) >= 11 is 0. The van der Waals surface area contributed by atoms with Gasteiger partial charge in [-0.25, -0.2) is 4.98 Å². The average molecular weight is 236 g/mol. The van der Waals surface area contributed by atoms with E-state index >= 15 is 0 Å². The number of hydroxylamine groups is 2. The van der Waals surface area contributed by atoms with Crippen LogP contribution in [0.15, 0.2) is 0 Å². The second-order valence-corrected chi connectivity index (χ2v) is 4.20. The third-order valence-electron chi connectivity index (χ3n) is 3.01. The number of nitrogens with one attached hydrogen (secondary N) is 2. The van der Waals surface area contributed by atoms with Crippen molar-refractivity contribution in [2.24, 2.45) is 7.05 Å². The summed E-state index contributed by atoms with van der Waals surface area (Å²) in [6.45, 7) is 2.45. The van der Waals surface area contributed by atoms with E-state index < -0.39 is 0 Å². The summed E-state index contributed by atoms with van der Waals surface area (Å²) in [6.07, 6.45) is 0. The van der Waals surface area contributed by atoms with Crippen LogP contribution in [-0.2, 0) is 20.1 Å². The van der Waals surface area contributed by atoms with Gasteiger partial charge in [0, 0.05) is 14.1 Å². The van der Waals surface area contributed by atoms with Gasteiger partial charge < -0.3 is 14.7 Å². The molecule has 0 atom stereocenters. The van der Waals surface area contributed by atoms with E-state index in [-0.39, 0.29) is 5.84 Å². The van der Waals surface area contributed by atoms with Gasteiger partial charge >= 0.3 is 0 Å². The van der Waals surface area contributed by atoms with Crippen molar-refractivity contribution in [3.05, 3.63) is 17.2 Å². The molecule has 0 bridgehead atoms. The van der Waals surface area contributed by atoms with Crippen molar-refractivity contribution in [3.8, 4) is 0 Å². The van der Waals surface area contributed by atoms with Gasteiger partial charge in [0.25, 0.3) is 0 Å². The molecule has 92 valence electrons. The molecule has 0 saturated heterocycles. The second kappa shape index (κ2) is 3.94. The molecule has 2 heterocycles. The standard InChI is InChI=1S/C10H16N6O/c1-6(11)14(2)9(12)10-13-7-4-16(17)5-8(7)15(10)3/h11-12,17H,4-5H2,1-3H3. The highest BCUT2D eigenvalue weighted by Gasteiger charge is 2.26. The van der Waals surface area contributed by atoms with Crippen LogP contribution in [0.25, 0.3) is 0 Å². The van der Waals surface area contributed by atoms with Crippen LogP contribution in [-0.4, -0.2) is 43.4 Å². The van der Waals surface area contributed by atoms with Crippen LogP contribution in [0.1, 0.15) is 24.1 Å². The number of amidine groups is 2. The molecule has 1 aliphatic heterocycles. The highest BCUT2D eigenvalue weighted by Crippen LogP contribution is 2.21. The van der Waals surface area contributed by atoms with Crippen LogP contribution in [0.4, 0.5) is 0 Å². The number of fused-ring (bicyclic) bond motifs is 1. The van der Waals surface area contributed by atoms with Crippen molar-refractivity contribution in [2.75, 3.05) is 7.05 Å². The van der Waals surface area contributed by atoms with Crippen molar-refractivity contribution in [2.45, 2.75) is 20.0 Å². The summed E-state index contributed by atoms with van der Waals surface area (Å²) in [5.41, 5.74) is 1.72. The topological polar surface area (TPSA) is 92.2 Å². The fourth-order valence-corrected chi connectivity index (χ4v) is 1.84. The Bertz CT molecular complexity index is 491. The highest BCUT2D eigenvalue weighted by molar-refractivity contribution is 6.04. The fraction of sp³-hybridized carbons (Fsp3) is 0.500. The molecule has 7 nitrogen and oxygen atoms in total. The van der Waals surface area contributed by atoms with E-state index in [0.29, 0.717) is 24.7 Å². The Hall–Kier alpha value is -1.73. The lowest BCUT2D eigenvalue weighted by Gasteiger charge is -2.18. The maximum absolute atomic E-state index is 9.37. The minimum atomic E-state index is 0.193. The number of imidazole rings is 1. The molecule has 7 heteroatoms. The third kappa shape index (κ3) is 1.83. The van der Waals surface area contributed by atoms with Crippen LogP contribution in [0.5, 0.6) is 0 Å². The lowest BCUT2D eigenvalue weighted by atomic mass is 10.4. The number of hydrogen-bond acceptors (Lipinski definition) is 5. The number of nitrogens with zero attached hydrogens (tertiary/aromatic N) is 4. The van der Waals surface area contributed by atoms with E-state index in [1.54, 1.807) is 18.5 Å². The fourth-order valence-electron chi connectivity index (χ4n) is 1.84. The number of rotatable bonds is 1. The van der Waals surface area contributed by atoms with Crippen LogP contribution in [0.2, 0.25) is 0 Å². The normalized spacial score (nSPS) is 14.8. The van der Waals surface area contributed by atoms with E-state index in [2.05, 4.69) is 4.98 Å². The van der Waals surface area contributed by atoms with Gasteiger partial charge in [-0.2, -0.15) is 5.06 Å². The zero-order valence-corrected chi connectivity index (χ0v) is 10.2. The lowest BCUT2D eigenvalue weighted by molar-refractivity contribution is -0.0985. The Morgan fingerprint density at radius 2 is 2.06 bits per heavy atom. The highest BCUT2D eigenvalue weighted by atomic mass is 16.5. The molecule has 0 spiro atoms. The van der Waals surface area contributed by atoms with E-state index in [1.165, 1.54) is 9.96 Å². The first-order valence-corrected chi connectivity index (χ1v) is 5.28. The van der Waals surface area contributed by atoms with Gasteiger partial charge in [-0.05, 0) is 6.92 Å². The summed E-state index contributed by atoms with van der Waals surface area (Å²) < 4.78 is 1.80. The Morgan fingerprint density at radius 3 is 2.59 bits per heavy atom. The molecule has 3 N–H and O–H groups in total. The predicted molar refractivity (Wildman–Crippen MR) is 62.2 cm³/mol. The molecule has 0 amide bonds. The van der Waals surface area contributed by atoms with Crippen molar-refractivity contribution >= 4 is 11.7 Å². The van der Waals surface area contributed by atoms with Crippen molar-refractivity contribution < 1.29 is 5.21 Å². The minimum Gasteiger partial charge on any atom is -0.327 e. The smallest absolute Gasteiger partial charge is 0.176 e. The SMILES string of the molecule is CC(=N)N(C)C(=N)c1nc2c(n1C)CN(O)C2. The largest absolute Gasteiger partial charge is 0.327 e. The van der Waals surface area contributed by atoms with Gasteiger partial charge in [-0.3, -0.25) is 10.8 Å². The molecular formula is C10H16N6O. The summed E-state index contributed by atoms with van der Waals surface area (Å²) in [7, 11) is 3.49. The molecule has 0 unspecified atom stereocenters. The van der Waals surface area contributed by atoms with Gasteiger partial charge in [0.1, 0.15) is 0 Å². The summed E-state index contributed by atoms with van der Waals surface area (Å²) in [5, 5.41) is 26.1. The molecule has 0 fully saturated rings. The van der Waals surface area contributed by atoms with E-state index in [4.69, 9.17) is 10.8 Å². The molecule has 1 aromatic rings. The first-order chi connectivity index (χ1) is 7.91. The van der Waals surface area contributed by atoms with Crippen molar-refractivity contribution in [1.82, 2.24) is 19.5 Å². The van der Waals surface area contributed by atoms with Crippen LogP contribution >= 0.6 is 0 Å². The molecule has 17 heavy (non-hydrogen) atoms. The third-order valence-corrected chi connectivity index (χ3v) is 3.01. The van der Waals surface area contributed by atoms with Crippen LogP contribution < -0.4 is 0 Å². The van der Waals surface area contributed by atoms with Crippen LogP contribution in [0.3, 0.4) is 0 Å². The van der Waals surface area contributed by atoms with E-state index in [9.17, 15) is 5.21 Å². The second-order valence-electron chi connectivity index (χ2n) is 4.20. The number of hydrogen-bond donors (Lipinski definition) is 3. The van der Waals surface area contributed by atoms with Gasteiger partial charge in [0.2, 0.25) is 0 Å². The van der Waals surface area contributed by atoms with E-state index in [1.807, 2.05) is 7.05 Å². The van der Waals surface area contributed by atoms with Crippen molar-refractivity contribution in [1.29, 1.82) is 10.8 Å². The molecule has 2 rings (SSSR count).